The van der Waals surface area contributed by atoms with Crippen LogP contribution in [0.1, 0.15) is 0 Å². The first-order chi connectivity index (χ1) is 4.86. The van der Waals surface area contributed by atoms with Gasteiger partial charge in [0.15, 0.2) is 5.82 Å². The minimum atomic E-state index is 0.331. The highest BCUT2D eigenvalue weighted by atomic mass is 15.4. The Kier molecular flexibility index (Phi) is 0.830. The fraction of sp³-hybridized carbons (Fsp3) is 0. The van der Waals surface area contributed by atoms with Crippen LogP contribution in [0.4, 0.5) is 5.82 Å². The fourth-order valence-corrected chi connectivity index (χ4v) is 0.660. The second-order valence-corrected chi connectivity index (χ2v) is 1.76. The average Bonchev–Trinajstić information content (AvgIpc) is 2.33. The van der Waals surface area contributed by atoms with E-state index < -0.39 is 0 Å². The van der Waals surface area contributed by atoms with Crippen molar-refractivity contribution in [2.24, 2.45) is 0 Å². The van der Waals surface area contributed by atoms with E-state index >= 15 is 0 Å². The molecule has 0 saturated carbocycles. The molecular formula is C4H4N6. The number of aromatic nitrogens is 5. The summed E-state index contributed by atoms with van der Waals surface area (Å²) in [7, 11) is 0. The van der Waals surface area contributed by atoms with Gasteiger partial charge >= 0.3 is 0 Å². The molecule has 0 spiro atoms. The van der Waals surface area contributed by atoms with Gasteiger partial charge in [0.2, 0.25) is 0 Å². The minimum Gasteiger partial charge on any atom is -0.381 e. The predicted molar refractivity (Wildman–Crippen MR) is 33.0 cm³/mol. The maximum Gasteiger partial charge on any atom is 0.271 e. The summed E-state index contributed by atoms with van der Waals surface area (Å²) in [5.41, 5.74) is 5.32. The molecular weight excluding hydrogens is 132 g/mol. The van der Waals surface area contributed by atoms with E-state index in [2.05, 4.69) is 20.3 Å². The van der Waals surface area contributed by atoms with Gasteiger partial charge in [-0.1, -0.05) is 0 Å². The van der Waals surface area contributed by atoms with Crippen LogP contribution >= 0.6 is 0 Å². The summed E-state index contributed by atoms with van der Waals surface area (Å²) in [6.07, 6.45) is 2.94. The molecule has 0 atom stereocenters. The first-order valence-electron chi connectivity index (χ1n) is 2.65. The summed E-state index contributed by atoms with van der Waals surface area (Å²) in [4.78, 5) is 3.78. The van der Waals surface area contributed by atoms with E-state index in [-0.39, 0.29) is 0 Å². The highest BCUT2D eigenvalue weighted by molar-refractivity contribution is 5.29. The lowest BCUT2D eigenvalue weighted by molar-refractivity contribution is 0.894. The quantitative estimate of drug-likeness (QED) is 0.507. The largest absolute Gasteiger partial charge is 0.381 e. The van der Waals surface area contributed by atoms with E-state index in [4.69, 9.17) is 5.73 Å². The lowest BCUT2D eigenvalue weighted by Crippen LogP contribution is -1.98. The number of hydrogen-bond donors (Lipinski definition) is 1. The van der Waals surface area contributed by atoms with E-state index in [0.29, 0.717) is 11.6 Å². The van der Waals surface area contributed by atoms with Crippen molar-refractivity contribution in [1.82, 2.24) is 24.8 Å². The predicted octanol–water partition coefficient (Wildman–Crippen LogP) is -0.899. The summed E-state index contributed by atoms with van der Waals surface area (Å²) in [6.45, 7) is 0. The summed E-state index contributed by atoms with van der Waals surface area (Å²) >= 11 is 0. The average molecular weight is 136 g/mol. The highest BCUT2D eigenvalue weighted by Crippen LogP contribution is 1.93. The van der Waals surface area contributed by atoms with Crippen LogP contribution in [0.25, 0.3) is 5.78 Å². The molecule has 0 amide bonds. The van der Waals surface area contributed by atoms with E-state index in [9.17, 15) is 0 Å². The van der Waals surface area contributed by atoms with Gasteiger partial charge in [0.25, 0.3) is 5.78 Å². The van der Waals surface area contributed by atoms with Crippen LogP contribution in [0.2, 0.25) is 0 Å². The molecule has 0 saturated heterocycles. The molecule has 0 fully saturated rings. The Hall–Kier alpha value is -1.72. The van der Waals surface area contributed by atoms with Crippen molar-refractivity contribution in [2.75, 3.05) is 5.73 Å². The lowest BCUT2D eigenvalue weighted by atomic mass is 10.8. The second-order valence-electron chi connectivity index (χ2n) is 1.76. The second kappa shape index (κ2) is 1.63. The van der Waals surface area contributed by atoms with Crippen molar-refractivity contribution >= 4 is 11.6 Å². The molecule has 0 radical (unpaired) electrons. The van der Waals surface area contributed by atoms with Crippen LogP contribution in [0.3, 0.4) is 0 Å². The van der Waals surface area contributed by atoms with Crippen LogP contribution in [0.15, 0.2) is 12.5 Å². The number of rotatable bonds is 0. The Balaban J connectivity index is 2.86. The molecule has 0 aliphatic heterocycles. The minimum absolute atomic E-state index is 0.331. The molecule has 2 heterocycles. The third kappa shape index (κ3) is 0.586. The van der Waals surface area contributed by atoms with Gasteiger partial charge < -0.3 is 5.73 Å². The third-order valence-corrected chi connectivity index (χ3v) is 1.06. The fourth-order valence-electron chi connectivity index (χ4n) is 0.660. The Bertz CT molecular complexity index is 351. The number of fused-ring (bicyclic) bond motifs is 1. The molecule has 0 bridgehead atoms. The maximum atomic E-state index is 5.32. The topological polar surface area (TPSA) is 82.0 Å². The van der Waals surface area contributed by atoms with E-state index in [1.54, 1.807) is 6.20 Å². The molecule has 2 rings (SSSR count). The van der Waals surface area contributed by atoms with Gasteiger partial charge in [-0.25, -0.2) is 0 Å². The SMILES string of the molecule is Nc1cn2ncnc2nn1. The van der Waals surface area contributed by atoms with Crippen molar-refractivity contribution < 1.29 is 0 Å². The van der Waals surface area contributed by atoms with Gasteiger partial charge in [-0.15, -0.1) is 10.2 Å². The molecule has 2 aromatic rings. The zero-order chi connectivity index (χ0) is 6.97. The molecule has 2 N–H and O–H groups in total. The van der Waals surface area contributed by atoms with Gasteiger partial charge in [0, 0.05) is 0 Å². The number of nitrogen functional groups attached to an aromatic ring is 1. The Labute approximate surface area is 55.7 Å². The molecule has 50 valence electrons. The molecule has 6 heteroatoms. The monoisotopic (exact) mass is 136 g/mol. The van der Waals surface area contributed by atoms with Gasteiger partial charge in [-0.3, -0.25) is 0 Å². The first-order valence-corrected chi connectivity index (χ1v) is 2.65. The first kappa shape index (κ1) is 5.10. The molecule has 0 aromatic carbocycles. The number of nitrogens with zero attached hydrogens (tertiary/aromatic N) is 5. The maximum absolute atomic E-state index is 5.32. The van der Waals surface area contributed by atoms with Crippen LogP contribution in [0, 0.1) is 0 Å². The lowest BCUT2D eigenvalue weighted by Gasteiger charge is -1.88. The summed E-state index contributed by atoms with van der Waals surface area (Å²) in [5.74, 6) is 0.784. The summed E-state index contributed by atoms with van der Waals surface area (Å²) in [5, 5.41) is 11.0. The van der Waals surface area contributed by atoms with Crippen molar-refractivity contribution in [2.45, 2.75) is 0 Å². The molecule has 0 aliphatic carbocycles. The van der Waals surface area contributed by atoms with Gasteiger partial charge in [-0.2, -0.15) is 14.6 Å². The number of anilines is 1. The zero-order valence-corrected chi connectivity index (χ0v) is 4.97. The Morgan fingerprint density at radius 1 is 1.40 bits per heavy atom. The van der Waals surface area contributed by atoms with Gasteiger partial charge in [0.05, 0.1) is 6.20 Å². The zero-order valence-electron chi connectivity index (χ0n) is 4.97. The van der Waals surface area contributed by atoms with E-state index in [1.165, 1.54) is 10.8 Å². The van der Waals surface area contributed by atoms with Gasteiger partial charge in [-0.05, 0) is 0 Å². The molecule has 10 heavy (non-hydrogen) atoms. The standard InChI is InChI=1S/C4H4N6/c5-3-1-10-4(9-8-3)6-2-7-10/h1-2H,5H2. The number of hydrogen-bond acceptors (Lipinski definition) is 5. The van der Waals surface area contributed by atoms with Crippen molar-refractivity contribution in [3.63, 3.8) is 0 Å². The van der Waals surface area contributed by atoms with Crippen LogP contribution in [0.5, 0.6) is 0 Å². The summed E-state index contributed by atoms with van der Waals surface area (Å²) < 4.78 is 1.46. The Morgan fingerprint density at radius 3 is 3.20 bits per heavy atom. The molecule has 2 aromatic heterocycles. The molecule has 0 aliphatic rings. The smallest absolute Gasteiger partial charge is 0.271 e. The normalized spacial score (nSPS) is 10.4. The van der Waals surface area contributed by atoms with Crippen LogP contribution < -0.4 is 5.73 Å². The van der Waals surface area contributed by atoms with Crippen molar-refractivity contribution in [1.29, 1.82) is 0 Å². The van der Waals surface area contributed by atoms with E-state index in [1.807, 2.05) is 0 Å². The molecule has 6 nitrogen and oxygen atoms in total. The van der Waals surface area contributed by atoms with Crippen LogP contribution in [-0.2, 0) is 0 Å². The Morgan fingerprint density at radius 2 is 2.30 bits per heavy atom. The number of nitrogens with two attached hydrogens (primary N) is 1. The van der Waals surface area contributed by atoms with Crippen molar-refractivity contribution in [3.05, 3.63) is 12.5 Å². The van der Waals surface area contributed by atoms with Crippen molar-refractivity contribution in [3.8, 4) is 0 Å². The van der Waals surface area contributed by atoms with E-state index in [0.717, 1.165) is 0 Å². The third-order valence-electron chi connectivity index (χ3n) is 1.06. The highest BCUT2D eigenvalue weighted by Gasteiger charge is 1.95. The van der Waals surface area contributed by atoms with Gasteiger partial charge in [0.1, 0.15) is 6.33 Å². The van der Waals surface area contributed by atoms with Crippen LogP contribution in [-0.4, -0.2) is 24.8 Å². The molecule has 0 unspecified atom stereocenters. The summed E-state index contributed by atoms with van der Waals surface area (Å²) in [6, 6.07) is 0.